The highest BCUT2D eigenvalue weighted by molar-refractivity contribution is 9.10. The van der Waals surface area contributed by atoms with Crippen LogP contribution in [-0.2, 0) is 16.1 Å². The van der Waals surface area contributed by atoms with Crippen molar-refractivity contribution in [3.05, 3.63) is 51.1 Å². The maximum atomic E-state index is 13.1. The Morgan fingerprint density at radius 1 is 1.31 bits per heavy atom. The third-order valence-corrected chi connectivity index (χ3v) is 6.15. The smallest absolute Gasteiger partial charge is 0.308 e. The minimum Gasteiger partial charge on any atom is -0.399 e. The Balaban J connectivity index is 1.88. The van der Waals surface area contributed by atoms with Crippen molar-refractivity contribution in [1.29, 1.82) is 0 Å². The molecule has 4 rings (SSSR count). The number of rotatable bonds is 4. The van der Waals surface area contributed by atoms with Crippen molar-refractivity contribution in [2.24, 2.45) is 5.16 Å². The van der Waals surface area contributed by atoms with E-state index in [2.05, 4.69) is 39.0 Å². The number of hydrogen-bond donors (Lipinski definition) is 0. The second-order valence-corrected chi connectivity index (χ2v) is 8.20. The number of carbonyl (C=O) groups excluding carboxylic acids is 1. The number of amides is 1. The van der Waals surface area contributed by atoms with E-state index in [0.717, 1.165) is 63.9 Å². The van der Waals surface area contributed by atoms with Crippen LogP contribution >= 0.6 is 15.9 Å². The second kappa shape index (κ2) is 8.00. The summed E-state index contributed by atoms with van der Waals surface area (Å²) in [6.45, 7) is 3.70. The van der Waals surface area contributed by atoms with E-state index in [0.29, 0.717) is 11.7 Å². The quantitative estimate of drug-likeness (QED) is 0.484. The molecule has 0 aliphatic heterocycles. The fourth-order valence-corrected chi connectivity index (χ4v) is 4.08. The maximum absolute atomic E-state index is 13.1. The third kappa shape index (κ3) is 3.79. The number of oxime groups is 1. The Hall–Kier alpha value is -2.65. The van der Waals surface area contributed by atoms with E-state index >= 15 is 0 Å². The minimum atomic E-state index is -0.285. The van der Waals surface area contributed by atoms with Gasteiger partial charge in [0.15, 0.2) is 0 Å². The molecule has 1 aromatic carbocycles. The van der Waals surface area contributed by atoms with Crippen LogP contribution in [-0.4, -0.2) is 23.7 Å². The molecule has 1 aromatic heterocycles. The number of nitrogens with zero attached hydrogens (tertiary/aromatic N) is 3. The average Bonchev–Trinajstić information content (AvgIpc) is 3.47. The minimum absolute atomic E-state index is 0.285. The number of fused-ring (bicyclic) bond motifs is 1. The van der Waals surface area contributed by atoms with Crippen molar-refractivity contribution in [2.75, 3.05) is 12.0 Å². The first-order valence-electron chi connectivity index (χ1n) is 9.70. The molecule has 1 heterocycles. The van der Waals surface area contributed by atoms with Gasteiger partial charge >= 0.3 is 5.91 Å². The standard InChI is InChI=1S/C23H22BrN3O2/c1-4-5-22(28)27(20-12-14(2)18(24)13-17(20)15-6-7-15)21-11-9-16-8-10-19(26-29-3)23(16)25-21/h9,11-13,15H,6-8,10H2,1-3H3/b26-19+. The highest BCUT2D eigenvalue weighted by Gasteiger charge is 2.32. The van der Waals surface area contributed by atoms with Gasteiger partial charge in [-0.2, -0.15) is 0 Å². The van der Waals surface area contributed by atoms with Crippen LogP contribution in [0.15, 0.2) is 33.9 Å². The van der Waals surface area contributed by atoms with Crippen molar-refractivity contribution in [3.8, 4) is 11.8 Å². The van der Waals surface area contributed by atoms with Crippen LogP contribution in [0.25, 0.3) is 0 Å². The lowest BCUT2D eigenvalue weighted by Crippen LogP contribution is -2.27. The van der Waals surface area contributed by atoms with Crippen molar-refractivity contribution >= 4 is 39.1 Å². The number of carbonyl (C=O) groups is 1. The number of benzene rings is 1. The molecule has 0 atom stereocenters. The lowest BCUT2D eigenvalue weighted by atomic mass is 10.0. The van der Waals surface area contributed by atoms with Crippen molar-refractivity contribution in [1.82, 2.24) is 4.98 Å². The average molecular weight is 452 g/mol. The highest BCUT2D eigenvalue weighted by atomic mass is 79.9. The van der Waals surface area contributed by atoms with Crippen LogP contribution in [0.4, 0.5) is 11.5 Å². The van der Waals surface area contributed by atoms with Crippen molar-refractivity contribution < 1.29 is 9.63 Å². The van der Waals surface area contributed by atoms with E-state index in [1.165, 1.54) is 7.11 Å². The second-order valence-electron chi connectivity index (χ2n) is 7.35. The molecule has 2 aromatic rings. The fourth-order valence-electron chi connectivity index (χ4n) is 3.72. The molecule has 1 fully saturated rings. The molecule has 1 saturated carbocycles. The summed E-state index contributed by atoms with van der Waals surface area (Å²) in [7, 11) is 1.54. The first-order valence-corrected chi connectivity index (χ1v) is 10.5. The van der Waals surface area contributed by atoms with Gasteiger partial charge in [0, 0.05) is 4.47 Å². The van der Waals surface area contributed by atoms with E-state index in [4.69, 9.17) is 9.82 Å². The number of aryl methyl sites for hydroxylation is 2. The van der Waals surface area contributed by atoms with Gasteiger partial charge in [-0.25, -0.2) is 4.98 Å². The predicted octanol–water partition coefficient (Wildman–Crippen LogP) is 5.01. The topological polar surface area (TPSA) is 54.8 Å². The maximum Gasteiger partial charge on any atom is 0.308 e. The van der Waals surface area contributed by atoms with E-state index in [-0.39, 0.29) is 5.91 Å². The molecular formula is C23H22BrN3O2. The Labute approximate surface area is 179 Å². The SMILES string of the molecule is CC#CC(=O)N(c1ccc2c(n1)/C(=N/OC)CC2)c1cc(C)c(Br)cc1C1CC1. The first kappa shape index (κ1) is 19.7. The van der Waals surface area contributed by atoms with E-state index in [1.54, 1.807) is 11.8 Å². The molecule has 0 bridgehead atoms. The summed E-state index contributed by atoms with van der Waals surface area (Å²) < 4.78 is 1.05. The summed E-state index contributed by atoms with van der Waals surface area (Å²) in [5.41, 5.74) is 5.81. The van der Waals surface area contributed by atoms with Crippen molar-refractivity contribution in [2.45, 2.75) is 45.4 Å². The Bertz CT molecular complexity index is 1080. The molecule has 0 unspecified atom stereocenters. The molecule has 148 valence electrons. The molecule has 29 heavy (non-hydrogen) atoms. The van der Waals surface area contributed by atoms with E-state index in [1.807, 2.05) is 25.1 Å². The van der Waals surface area contributed by atoms with Crippen LogP contribution in [0.2, 0.25) is 0 Å². The normalized spacial score (nSPS) is 16.2. The Kier molecular flexibility index (Phi) is 5.42. The number of halogens is 1. The lowest BCUT2D eigenvalue weighted by molar-refractivity contribution is -0.112. The number of hydrogen-bond acceptors (Lipinski definition) is 4. The van der Waals surface area contributed by atoms with E-state index < -0.39 is 0 Å². The molecule has 2 aliphatic carbocycles. The molecule has 2 aliphatic rings. The molecule has 6 heteroatoms. The van der Waals surface area contributed by atoms with Crippen molar-refractivity contribution in [3.63, 3.8) is 0 Å². The molecule has 5 nitrogen and oxygen atoms in total. The van der Waals surface area contributed by atoms with Gasteiger partial charge < -0.3 is 4.84 Å². The van der Waals surface area contributed by atoms with Crippen LogP contribution in [0.1, 0.15) is 54.5 Å². The van der Waals surface area contributed by atoms with Gasteiger partial charge in [0.1, 0.15) is 18.6 Å². The summed E-state index contributed by atoms with van der Waals surface area (Å²) in [6.07, 6.45) is 3.92. The number of pyridine rings is 1. The summed E-state index contributed by atoms with van der Waals surface area (Å²) >= 11 is 3.64. The van der Waals surface area contributed by atoms with Gasteiger partial charge in [-0.1, -0.05) is 33.1 Å². The summed E-state index contributed by atoms with van der Waals surface area (Å²) in [5.74, 6) is 6.18. The summed E-state index contributed by atoms with van der Waals surface area (Å²) in [4.78, 5) is 24.5. The van der Waals surface area contributed by atoms with Crippen LogP contribution in [0.5, 0.6) is 0 Å². The fraction of sp³-hybridized carbons (Fsp3) is 0.348. The van der Waals surface area contributed by atoms with E-state index in [9.17, 15) is 4.79 Å². The molecular weight excluding hydrogens is 430 g/mol. The zero-order chi connectivity index (χ0) is 20.5. The Morgan fingerprint density at radius 3 is 2.79 bits per heavy atom. The van der Waals surface area contributed by atoms with Crippen LogP contribution < -0.4 is 4.90 Å². The van der Waals surface area contributed by atoms with Gasteiger partial charge in [0.05, 0.1) is 11.4 Å². The van der Waals surface area contributed by atoms with Crippen LogP contribution in [0.3, 0.4) is 0 Å². The number of anilines is 2. The molecule has 0 N–H and O–H groups in total. The van der Waals surface area contributed by atoms with Gasteiger partial charge in [-0.05, 0) is 86.3 Å². The molecule has 0 saturated heterocycles. The first-order chi connectivity index (χ1) is 14.0. The summed E-state index contributed by atoms with van der Waals surface area (Å²) in [5, 5.41) is 4.12. The van der Waals surface area contributed by atoms with Gasteiger partial charge in [0.2, 0.25) is 0 Å². The lowest BCUT2D eigenvalue weighted by Gasteiger charge is -2.24. The zero-order valence-corrected chi connectivity index (χ0v) is 18.3. The van der Waals surface area contributed by atoms with Gasteiger partial charge in [-0.15, -0.1) is 0 Å². The summed E-state index contributed by atoms with van der Waals surface area (Å²) in [6, 6.07) is 8.11. The number of aromatic nitrogens is 1. The largest absolute Gasteiger partial charge is 0.399 e. The van der Waals surface area contributed by atoms with Gasteiger partial charge in [-0.3, -0.25) is 9.69 Å². The molecule has 1 amide bonds. The van der Waals surface area contributed by atoms with Crippen LogP contribution in [0, 0.1) is 18.8 Å². The third-order valence-electron chi connectivity index (χ3n) is 5.30. The molecule has 0 radical (unpaired) electrons. The monoisotopic (exact) mass is 451 g/mol. The zero-order valence-electron chi connectivity index (χ0n) is 16.8. The highest BCUT2D eigenvalue weighted by Crippen LogP contribution is 2.47. The molecule has 0 spiro atoms. The Morgan fingerprint density at radius 2 is 2.10 bits per heavy atom. The predicted molar refractivity (Wildman–Crippen MR) is 118 cm³/mol. The van der Waals surface area contributed by atoms with Gasteiger partial charge in [0.25, 0.3) is 0 Å².